The number of amides is 1. The molecule has 3 rings (SSSR count). The summed E-state index contributed by atoms with van der Waals surface area (Å²) in [6.45, 7) is 3.21. The van der Waals surface area contributed by atoms with Crippen molar-refractivity contribution in [3.05, 3.63) is 54.1 Å². The molecule has 0 unspecified atom stereocenters. The average molecular weight is 336 g/mol. The Morgan fingerprint density at radius 3 is 2.52 bits per heavy atom. The molecule has 1 saturated heterocycles. The van der Waals surface area contributed by atoms with Gasteiger partial charge in [0.05, 0.1) is 42.4 Å². The van der Waals surface area contributed by atoms with Gasteiger partial charge in [0.15, 0.2) is 0 Å². The number of benzene rings is 2. The summed E-state index contributed by atoms with van der Waals surface area (Å²) in [4.78, 5) is 14.5. The minimum atomic E-state index is -0.195. The van der Waals surface area contributed by atoms with Crippen molar-refractivity contribution in [2.24, 2.45) is 0 Å². The minimum Gasteiger partial charge on any atom is -0.378 e. The lowest BCUT2D eigenvalue weighted by molar-refractivity contribution is -0.114. The summed E-state index contributed by atoms with van der Waals surface area (Å²) in [5, 5.41) is 15.1. The van der Waals surface area contributed by atoms with E-state index in [9.17, 15) is 4.79 Å². The van der Waals surface area contributed by atoms with E-state index in [2.05, 4.69) is 21.6 Å². The molecular weight excluding hydrogens is 316 g/mol. The van der Waals surface area contributed by atoms with Gasteiger partial charge in [0.1, 0.15) is 6.07 Å². The number of anilines is 3. The molecule has 25 heavy (non-hydrogen) atoms. The molecule has 0 aromatic heterocycles. The van der Waals surface area contributed by atoms with Gasteiger partial charge in [-0.15, -0.1) is 0 Å². The zero-order valence-corrected chi connectivity index (χ0v) is 13.9. The monoisotopic (exact) mass is 336 g/mol. The Hall–Kier alpha value is -3.04. The number of rotatable bonds is 5. The van der Waals surface area contributed by atoms with Crippen LogP contribution in [0.2, 0.25) is 0 Å². The summed E-state index contributed by atoms with van der Waals surface area (Å²) in [7, 11) is 0. The molecule has 0 bridgehead atoms. The van der Waals surface area contributed by atoms with Gasteiger partial charge in [-0.05, 0) is 24.3 Å². The summed E-state index contributed by atoms with van der Waals surface area (Å²) in [6, 6.07) is 17.0. The topological polar surface area (TPSA) is 77.4 Å². The van der Waals surface area contributed by atoms with Crippen LogP contribution in [-0.4, -0.2) is 38.8 Å². The second-order valence-corrected chi connectivity index (χ2v) is 5.68. The number of nitrogens with zero attached hydrogens (tertiary/aromatic N) is 2. The SMILES string of the molecule is N#Cc1ccccc1NC(=O)CNc1ccccc1N1CCOCC1. The van der Waals surface area contributed by atoms with Crippen LogP contribution in [0.4, 0.5) is 17.1 Å². The van der Waals surface area contributed by atoms with Crippen molar-refractivity contribution in [3.63, 3.8) is 0 Å². The van der Waals surface area contributed by atoms with Gasteiger partial charge < -0.3 is 20.3 Å². The van der Waals surface area contributed by atoms with Crippen LogP contribution in [-0.2, 0) is 9.53 Å². The number of hydrogen-bond acceptors (Lipinski definition) is 5. The molecular formula is C19H20N4O2. The van der Waals surface area contributed by atoms with Crippen molar-refractivity contribution in [2.45, 2.75) is 0 Å². The number of carbonyl (C=O) groups excluding carboxylic acids is 1. The fraction of sp³-hybridized carbons (Fsp3) is 0.263. The number of para-hydroxylation sites is 3. The van der Waals surface area contributed by atoms with E-state index in [1.165, 1.54) is 0 Å². The highest BCUT2D eigenvalue weighted by Gasteiger charge is 2.15. The van der Waals surface area contributed by atoms with Crippen LogP contribution < -0.4 is 15.5 Å². The van der Waals surface area contributed by atoms with Gasteiger partial charge in [-0.1, -0.05) is 24.3 Å². The van der Waals surface area contributed by atoms with Gasteiger partial charge in [0.25, 0.3) is 0 Å². The van der Waals surface area contributed by atoms with Crippen LogP contribution in [0.1, 0.15) is 5.56 Å². The summed E-state index contributed by atoms with van der Waals surface area (Å²) in [5.41, 5.74) is 2.95. The van der Waals surface area contributed by atoms with E-state index in [-0.39, 0.29) is 12.5 Å². The fourth-order valence-corrected chi connectivity index (χ4v) is 2.76. The number of nitriles is 1. The molecule has 0 spiro atoms. The molecule has 1 fully saturated rings. The normalized spacial score (nSPS) is 13.8. The Balaban J connectivity index is 1.63. The third-order valence-corrected chi connectivity index (χ3v) is 4.02. The molecule has 6 heteroatoms. The molecule has 6 nitrogen and oxygen atoms in total. The number of ether oxygens (including phenoxy) is 1. The van der Waals surface area contributed by atoms with E-state index in [0.717, 1.165) is 24.5 Å². The first-order valence-electron chi connectivity index (χ1n) is 8.22. The van der Waals surface area contributed by atoms with Gasteiger partial charge >= 0.3 is 0 Å². The lowest BCUT2D eigenvalue weighted by Gasteiger charge is -2.30. The maximum absolute atomic E-state index is 12.2. The Morgan fingerprint density at radius 1 is 1.08 bits per heavy atom. The standard InChI is InChI=1S/C19H20N4O2/c20-13-15-5-1-2-6-16(15)22-19(24)14-21-17-7-3-4-8-18(17)23-9-11-25-12-10-23/h1-8,21H,9-12,14H2,(H,22,24). The van der Waals surface area contributed by atoms with Crippen molar-refractivity contribution in [1.82, 2.24) is 0 Å². The lowest BCUT2D eigenvalue weighted by Crippen LogP contribution is -2.36. The quantitative estimate of drug-likeness (QED) is 0.877. The zero-order valence-electron chi connectivity index (χ0n) is 13.9. The van der Waals surface area contributed by atoms with E-state index in [1.54, 1.807) is 24.3 Å². The molecule has 0 atom stereocenters. The van der Waals surface area contributed by atoms with E-state index >= 15 is 0 Å². The molecule has 1 aliphatic heterocycles. The molecule has 128 valence electrons. The summed E-state index contributed by atoms with van der Waals surface area (Å²) >= 11 is 0. The predicted molar refractivity (Wildman–Crippen MR) is 97.8 cm³/mol. The van der Waals surface area contributed by atoms with Crippen LogP contribution in [0, 0.1) is 11.3 Å². The van der Waals surface area contributed by atoms with Crippen LogP contribution in [0.3, 0.4) is 0 Å². The van der Waals surface area contributed by atoms with Crippen LogP contribution >= 0.6 is 0 Å². The summed E-state index contributed by atoms with van der Waals surface area (Å²) in [5.74, 6) is -0.195. The number of morpholine rings is 1. The number of hydrogen-bond donors (Lipinski definition) is 2. The van der Waals surface area contributed by atoms with E-state index < -0.39 is 0 Å². The van der Waals surface area contributed by atoms with Crippen molar-refractivity contribution in [1.29, 1.82) is 5.26 Å². The van der Waals surface area contributed by atoms with Gasteiger partial charge in [0.2, 0.25) is 5.91 Å². The molecule has 1 heterocycles. The highest BCUT2D eigenvalue weighted by molar-refractivity contribution is 5.95. The summed E-state index contributed by atoms with van der Waals surface area (Å²) < 4.78 is 5.39. The average Bonchev–Trinajstić information content (AvgIpc) is 2.68. The summed E-state index contributed by atoms with van der Waals surface area (Å²) in [6.07, 6.45) is 0. The molecule has 2 N–H and O–H groups in total. The fourth-order valence-electron chi connectivity index (χ4n) is 2.76. The Bertz CT molecular complexity index is 779. The minimum absolute atomic E-state index is 0.126. The van der Waals surface area contributed by atoms with Gasteiger partial charge in [0, 0.05) is 13.1 Å². The first-order chi connectivity index (χ1) is 12.3. The molecule has 2 aromatic rings. The highest BCUT2D eigenvalue weighted by atomic mass is 16.5. The first kappa shape index (κ1) is 16.8. The van der Waals surface area contributed by atoms with Crippen LogP contribution in [0.5, 0.6) is 0 Å². The number of nitrogens with one attached hydrogen (secondary N) is 2. The highest BCUT2D eigenvalue weighted by Crippen LogP contribution is 2.26. The number of carbonyl (C=O) groups is 1. The predicted octanol–water partition coefficient (Wildman–Crippen LogP) is 2.45. The van der Waals surface area contributed by atoms with Crippen LogP contribution in [0.15, 0.2) is 48.5 Å². The van der Waals surface area contributed by atoms with Gasteiger partial charge in [-0.25, -0.2) is 0 Å². The largest absolute Gasteiger partial charge is 0.378 e. The molecule has 1 aliphatic rings. The Labute approximate surface area is 147 Å². The van der Waals surface area contributed by atoms with Crippen molar-refractivity contribution < 1.29 is 9.53 Å². The molecule has 0 aliphatic carbocycles. The van der Waals surface area contributed by atoms with Crippen molar-refractivity contribution >= 4 is 23.0 Å². The molecule has 0 radical (unpaired) electrons. The second kappa shape index (κ2) is 8.18. The van der Waals surface area contributed by atoms with E-state index in [1.807, 2.05) is 24.3 Å². The molecule has 0 saturated carbocycles. The van der Waals surface area contributed by atoms with E-state index in [4.69, 9.17) is 10.00 Å². The Morgan fingerprint density at radius 2 is 1.76 bits per heavy atom. The van der Waals surface area contributed by atoms with Crippen molar-refractivity contribution in [3.8, 4) is 6.07 Å². The van der Waals surface area contributed by atoms with E-state index in [0.29, 0.717) is 24.5 Å². The third kappa shape index (κ3) is 4.28. The lowest BCUT2D eigenvalue weighted by atomic mass is 10.2. The maximum atomic E-state index is 12.2. The van der Waals surface area contributed by atoms with Crippen LogP contribution in [0.25, 0.3) is 0 Å². The molecule has 2 aromatic carbocycles. The van der Waals surface area contributed by atoms with Gasteiger partial charge in [-0.2, -0.15) is 5.26 Å². The Kier molecular flexibility index (Phi) is 5.50. The second-order valence-electron chi connectivity index (χ2n) is 5.68. The smallest absolute Gasteiger partial charge is 0.243 e. The maximum Gasteiger partial charge on any atom is 0.243 e. The third-order valence-electron chi connectivity index (χ3n) is 4.02. The first-order valence-corrected chi connectivity index (χ1v) is 8.22. The van der Waals surface area contributed by atoms with Crippen molar-refractivity contribution in [2.75, 3.05) is 48.4 Å². The molecule has 1 amide bonds. The van der Waals surface area contributed by atoms with Gasteiger partial charge in [-0.3, -0.25) is 4.79 Å². The zero-order chi connectivity index (χ0) is 17.5.